The second kappa shape index (κ2) is 7.80. The molecule has 0 aliphatic carbocycles. The van der Waals surface area contributed by atoms with Gasteiger partial charge < -0.3 is 4.74 Å². The minimum atomic E-state index is -0.426. The molecule has 0 spiro atoms. The van der Waals surface area contributed by atoms with E-state index in [9.17, 15) is 9.59 Å². The Kier molecular flexibility index (Phi) is 5.49. The van der Waals surface area contributed by atoms with Crippen LogP contribution in [0.2, 0.25) is 5.02 Å². The van der Waals surface area contributed by atoms with E-state index in [-0.39, 0.29) is 12.2 Å². The minimum absolute atomic E-state index is 0.106. The van der Waals surface area contributed by atoms with Gasteiger partial charge in [0.05, 0.1) is 18.5 Å². The standard InChI is InChI=1S/C18H16ClN3O3S/c1-3-25-17(24)14-9-20-22(11(14)2)18-21-15(10-26-18)16(23)8-12-5-4-6-13(19)7-12/h4-7,9-10H,3,8H2,1-2H3. The Morgan fingerprint density at radius 2 is 2.15 bits per heavy atom. The van der Waals surface area contributed by atoms with Crippen molar-refractivity contribution in [1.82, 2.24) is 14.8 Å². The second-order valence-corrected chi connectivity index (χ2v) is 6.79. The van der Waals surface area contributed by atoms with Crippen molar-refractivity contribution in [2.24, 2.45) is 0 Å². The number of hydrogen-bond acceptors (Lipinski definition) is 6. The summed E-state index contributed by atoms with van der Waals surface area (Å²) in [6.45, 7) is 3.80. The van der Waals surface area contributed by atoms with Gasteiger partial charge in [-0.25, -0.2) is 14.5 Å². The SMILES string of the molecule is CCOC(=O)c1cnn(-c2nc(C(=O)Cc3cccc(Cl)c3)cs2)c1C. The molecule has 0 saturated heterocycles. The summed E-state index contributed by atoms with van der Waals surface area (Å²) in [7, 11) is 0. The summed E-state index contributed by atoms with van der Waals surface area (Å²) >= 11 is 7.24. The first-order valence-electron chi connectivity index (χ1n) is 7.95. The van der Waals surface area contributed by atoms with E-state index in [0.717, 1.165) is 5.56 Å². The van der Waals surface area contributed by atoms with Gasteiger partial charge in [0.1, 0.15) is 11.3 Å². The molecule has 1 aromatic carbocycles. The fourth-order valence-corrected chi connectivity index (χ4v) is 3.47. The number of Topliss-reactive ketones (excluding diaryl/α,β-unsaturated/α-hetero) is 1. The highest BCUT2D eigenvalue weighted by Crippen LogP contribution is 2.20. The molecule has 0 aliphatic rings. The highest BCUT2D eigenvalue weighted by Gasteiger charge is 2.19. The fraction of sp³-hybridized carbons (Fsp3) is 0.222. The van der Waals surface area contributed by atoms with Crippen molar-refractivity contribution in [1.29, 1.82) is 0 Å². The van der Waals surface area contributed by atoms with Crippen molar-refractivity contribution in [2.45, 2.75) is 20.3 Å². The quantitative estimate of drug-likeness (QED) is 0.472. The number of ether oxygens (including phenoxy) is 1. The van der Waals surface area contributed by atoms with Crippen molar-refractivity contribution in [3.63, 3.8) is 0 Å². The number of carbonyl (C=O) groups excluding carboxylic acids is 2. The van der Waals surface area contributed by atoms with E-state index in [2.05, 4.69) is 10.1 Å². The van der Waals surface area contributed by atoms with E-state index in [1.807, 2.05) is 6.07 Å². The number of carbonyl (C=O) groups is 2. The van der Waals surface area contributed by atoms with E-state index in [0.29, 0.717) is 33.7 Å². The third kappa shape index (κ3) is 3.84. The van der Waals surface area contributed by atoms with Gasteiger partial charge in [-0.3, -0.25) is 4.79 Å². The van der Waals surface area contributed by atoms with Gasteiger partial charge >= 0.3 is 5.97 Å². The van der Waals surface area contributed by atoms with Crippen molar-refractivity contribution >= 4 is 34.7 Å². The maximum absolute atomic E-state index is 12.5. The average Bonchev–Trinajstić information content (AvgIpc) is 3.21. The second-order valence-electron chi connectivity index (χ2n) is 5.52. The maximum atomic E-state index is 12.5. The van der Waals surface area contributed by atoms with E-state index in [1.165, 1.54) is 22.2 Å². The number of rotatable bonds is 6. The minimum Gasteiger partial charge on any atom is -0.462 e. The molecule has 6 nitrogen and oxygen atoms in total. The van der Waals surface area contributed by atoms with Crippen LogP contribution in [0.3, 0.4) is 0 Å². The van der Waals surface area contributed by atoms with Crippen LogP contribution in [0.25, 0.3) is 5.13 Å². The molecule has 134 valence electrons. The predicted molar refractivity (Wildman–Crippen MR) is 99.4 cm³/mol. The molecule has 0 atom stereocenters. The number of esters is 1. The highest BCUT2D eigenvalue weighted by atomic mass is 35.5. The van der Waals surface area contributed by atoms with Crippen LogP contribution < -0.4 is 0 Å². The fourth-order valence-electron chi connectivity index (χ4n) is 2.42. The molecular weight excluding hydrogens is 374 g/mol. The number of ketones is 1. The number of thiazole rings is 1. The van der Waals surface area contributed by atoms with Gasteiger partial charge in [-0.1, -0.05) is 23.7 Å². The van der Waals surface area contributed by atoms with Crippen LogP contribution in [-0.2, 0) is 11.2 Å². The van der Waals surface area contributed by atoms with Gasteiger partial charge in [0.15, 0.2) is 5.78 Å². The molecule has 2 heterocycles. The van der Waals surface area contributed by atoms with Crippen LogP contribution >= 0.6 is 22.9 Å². The Balaban J connectivity index is 1.80. The molecule has 0 fully saturated rings. The molecule has 0 unspecified atom stereocenters. The van der Waals surface area contributed by atoms with Gasteiger partial charge in [-0.2, -0.15) is 5.10 Å². The first-order chi connectivity index (χ1) is 12.5. The molecule has 8 heteroatoms. The first kappa shape index (κ1) is 18.3. The number of halogens is 1. The van der Waals surface area contributed by atoms with Crippen LogP contribution in [0.4, 0.5) is 0 Å². The molecule has 0 saturated carbocycles. The van der Waals surface area contributed by atoms with Crippen LogP contribution in [-0.4, -0.2) is 33.1 Å². The normalized spacial score (nSPS) is 10.7. The summed E-state index contributed by atoms with van der Waals surface area (Å²) in [6, 6.07) is 7.18. The van der Waals surface area contributed by atoms with Crippen molar-refractivity contribution in [3.8, 4) is 5.13 Å². The Bertz CT molecular complexity index is 964. The zero-order valence-electron chi connectivity index (χ0n) is 14.2. The zero-order chi connectivity index (χ0) is 18.7. The molecule has 0 bridgehead atoms. The zero-order valence-corrected chi connectivity index (χ0v) is 15.8. The van der Waals surface area contributed by atoms with Crippen LogP contribution in [0, 0.1) is 6.92 Å². The molecule has 2 aromatic heterocycles. The summed E-state index contributed by atoms with van der Waals surface area (Å²) in [5, 5.41) is 6.99. The lowest BCUT2D eigenvalue weighted by Crippen LogP contribution is -2.07. The Hall–Kier alpha value is -2.51. The third-order valence-electron chi connectivity index (χ3n) is 3.72. The number of nitrogens with zero attached hydrogens (tertiary/aromatic N) is 3. The molecule has 0 amide bonds. The summed E-state index contributed by atoms with van der Waals surface area (Å²) in [5.41, 5.74) is 2.19. The van der Waals surface area contributed by atoms with Crippen molar-refractivity contribution in [2.75, 3.05) is 6.61 Å². The highest BCUT2D eigenvalue weighted by molar-refractivity contribution is 7.12. The average molecular weight is 390 g/mol. The summed E-state index contributed by atoms with van der Waals surface area (Å²) in [5.74, 6) is -0.532. The summed E-state index contributed by atoms with van der Waals surface area (Å²) in [4.78, 5) is 28.7. The monoisotopic (exact) mass is 389 g/mol. The Morgan fingerprint density at radius 3 is 2.88 bits per heavy atom. The predicted octanol–water partition coefficient (Wildman–Crippen LogP) is 3.89. The van der Waals surface area contributed by atoms with E-state index in [1.54, 1.807) is 37.4 Å². The largest absolute Gasteiger partial charge is 0.462 e. The van der Waals surface area contributed by atoms with Gasteiger partial charge in [-0.15, -0.1) is 11.3 Å². The number of aromatic nitrogens is 3. The lowest BCUT2D eigenvalue weighted by molar-refractivity contribution is 0.0525. The van der Waals surface area contributed by atoms with Gasteiger partial charge in [-0.05, 0) is 31.5 Å². The summed E-state index contributed by atoms with van der Waals surface area (Å²) < 4.78 is 6.54. The van der Waals surface area contributed by atoms with E-state index < -0.39 is 5.97 Å². The Labute approximate surface area is 159 Å². The Morgan fingerprint density at radius 1 is 1.35 bits per heavy atom. The molecule has 3 rings (SSSR count). The molecule has 26 heavy (non-hydrogen) atoms. The first-order valence-corrected chi connectivity index (χ1v) is 9.20. The molecular formula is C18H16ClN3O3S. The molecule has 0 aliphatic heterocycles. The number of benzene rings is 1. The van der Waals surface area contributed by atoms with Gasteiger partial charge in [0.2, 0.25) is 5.13 Å². The van der Waals surface area contributed by atoms with Crippen LogP contribution in [0.5, 0.6) is 0 Å². The molecule has 3 aromatic rings. The van der Waals surface area contributed by atoms with Gasteiger partial charge in [0, 0.05) is 16.8 Å². The molecule has 0 N–H and O–H groups in total. The van der Waals surface area contributed by atoms with Crippen LogP contribution in [0.15, 0.2) is 35.8 Å². The smallest absolute Gasteiger partial charge is 0.341 e. The van der Waals surface area contributed by atoms with E-state index in [4.69, 9.17) is 16.3 Å². The van der Waals surface area contributed by atoms with Gasteiger partial charge in [0.25, 0.3) is 0 Å². The van der Waals surface area contributed by atoms with Crippen molar-refractivity contribution < 1.29 is 14.3 Å². The summed E-state index contributed by atoms with van der Waals surface area (Å²) in [6.07, 6.45) is 1.66. The number of hydrogen-bond donors (Lipinski definition) is 0. The maximum Gasteiger partial charge on any atom is 0.341 e. The third-order valence-corrected chi connectivity index (χ3v) is 4.77. The van der Waals surface area contributed by atoms with E-state index >= 15 is 0 Å². The lowest BCUT2D eigenvalue weighted by Gasteiger charge is -2.02. The lowest BCUT2D eigenvalue weighted by atomic mass is 10.1. The molecule has 0 radical (unpaired) electrons. The van der Waals surface area contributed by atoms with Crippen molar-refractivity contribution in [3.05, 3.63) is 63.4 Å². The van der Waals surface area contributed by atoms with Crippen LogP contribution in [0.1, 0.15) is 39.0 Å². The topological polar surface area (TPSA) is 74.1 Å².